The van der Waals surface area contributed by atoms with E-state index in [1.54, 1.807) is 24.3 Å². The Hall–Kier alpha value is -3.55. The van der Waals surface area contributed by atoms with Gasteiger partial charge in [0.1, 0.15) is 12.4 Å². The van der Waals surface area contributed by atoms with Crippen LogP contribution in [0.2, 0.25) is 0 Å². The van der Waals surface area contributed by atoms with Crippen molar-refractivity contribution in [1.29, 1.82) is 0 Å². The number of aliphatic hydroxyl groups excluding tert-OH is 1. The zero-order chi connectivity index (χ0) is 23.7. The normalized spacial score (nSPS) is 17.2. The van der Waals surface area contributed by atoms with Gasteiger partial charge < -0.3 is 19.9 Å². The highest BCUT2D eigenvalue weighted by Gasteiger charge is 2.44. The summed E-state index contributed by atoms with van der Waals surface area (Å²) in [6.07, 6.45) is 0.793. The second kappa shape index (κ2) is 11.4. The quantitative estimate of drug-likeness (QED) is 0.232. The Morgan fingerprint density at radius 3 is 2.76 bits per heavy atom. The summed E-state index contributed by atoms with van der Waals surface area (Å²) in [5.41, 5.74) is 9.64. The molecule has 2 aromatic rings. The van der Waals surface area contributed by atoms with Crippen LogP contribution >= 0.6 is 0 Å². The van der Waals surface area contributed by atoms with E-state index in [0.717, 1.165) is 11.1 Å². The summed E-state index contributed by atoms with van der Waals surface area (Å²) in [6.45, 7) is 5.14. The lowest BCUT2D eigenvalue weighted by molar-refractivity contribution is -0.126. The summed E-state index contributed by atoms with van der Waals surface area (Å²) in [7, 11) is 0. The summed E-state index contributed by atoms with van der Waals surface area (Å²) in [5.74, 6) is 1.10. The van der Waals surface area contributed by atoms with Crippen molar-refractivity contribution >= 4 is 17.5 Å². The van der Waals surface area contributed by atoms with E-state index in [1.807, 2.05) is 38.1 Å². The van der Waals surface area contributed by atoms with Crippen LogP contribution in [0.5, 0.6) is 5.75 Å². The fraction of sp³-hybridized carbons (Fsp3) is 0.417. The zero-order valence-electron chi connectivity index (χ0n) is 18.9. The molecule has 0 radical (unpaired) electrons. The molecule has 0 unspecified atom stereocenters. The molecule has 0 aliphatic carbocycles. The van der Waals surface area contributed by atoms with E-state index < -0.39 is 5.54 Å². The van der Waals surface area contributed by atoms with E-state index in [9.17, 15) is 4.79 Å². The Labute approximate surface area is 193 Å². The molecule has 0 aromatic heterocycles. The molecule has 1 aliphatic rings. The molecule has 0 fully saturated rings. The van der Waals surface area contributed by atoms with Crippen molar-refractivity contribution in [2.24, 2.45) is 16.0 Å². The Morgan fingerprint density at radius 1 is 1.30 bits per heavy atom. The maximum atomic E-state index is 13.3. The highest BCUT2D eigenvalue weighted by molar-refractivity contribution is 6.00. The van der Waals surface area contributed by atoms with Crippen LogP contribution in [0.3, 0.4) is 0 Å². The van der Waals surface area contributed by atoms with Gasteiger partial charge in [-0.3, -0.25) is 4.79 Å². The van der Waals surface area contributed by atoms with Crippen LogP contribution in [0.1, 0.15) is 31.4 Å². The van der Waals surface area contributed by atoms with Gasteiger partial charge in [-0.25, -0.2) is 4.99 Å². The molecule has 3 rings (SSSR count). The van der Waals surface area contributed by atoms with E-state index in [0.29, 0.717) is 36.9 Å². The van der Waals surface area contributed by atoms with Gasteiger partial charge in [-0.2, -0.15) is 0 Å². The summed E-state index contributed by atoms with van der Waals surface area (Å²) < 4.78 is 11.5. The van der Waals surface area contributed by atoms with Crippen LogP contribution in [-0.4, -0.2) is 48.8 Å². The van der Waals surface area contributed by atoms with Gasteiger partial charge in [-0.05, 0) is 41.3 Å². The molecular weight excluding hydrogens is 422 g/mol. The van der Waals surface area contributed by atoms with Crippen molar-refractivity contribution in [3.05, 3.63) is 70.1 Å². The molecule has 174 valence electrons. The first-order chi connectivity index (χ1) is 16.0. The second-order valence-corrected chi connectivity index (χ2v) is 8.29. The average Bonchev–Trinajstić information content (AvgIpc) is 3.25. The Morgan fingerprint density at radius 2 is 2.06 bits per heavy atom. The maximum Gasteiger partial charge on any atom is 0.251 e. The molecule has 0 saturated heterocycles. The van der Waals surface area contributed by atoms with Gasteiger partial charge in [0.05, 0.1) is 6.61 Å². The fourth-order valence-electron chi connectivity index (χ4n) is 3.41. The Bertz CT molecular complexity index is 1030. The van der Waals surface area contributed by atoms with Crippen LogP contribution in [0.15, 0.2) is 58.6 Å². The third kappa shape index (κ3) is 6.25. The van der Waals surface area contributed by atoms with Crippen molar-refractivity contribution in [2.45, 2.75) is 32.2 Å². The molecular formula is C24H29N5O4. The van der Waals surface area contributed by atoms with Gasteiger partial charge in [0.2, 0.25) is 5.90 Å². The molecule has 1 aliphatic heterocycles. The summed E-state index contributed by atoms with van der Waals surface area (Å²) in [6, 6.07) is 14.4. The zero-order valence-corrected chi connectivity index (χ0v) is 18.9. The molecule has 2 aromatic carbocycles. The Balaban J connectivity index is 1.89. The standard InChI is InChI=1S/C24H29N5O4/c1-17(2)15-26-23(31)24(14-19-6-3-4-7-21(19)28-29-25)16-33-22(27-24)18-8-10-20(11-9-18)32-13-5-12-30/h3-4,6-11,17,30H,5,12-16H2,1-2H3,(H,26,31)/t24-/m1/s1. The number of amides is 1. The summed E-state index contributed by atoms with van der Waals surface area (Å²) >= 11 is 0. The number of benzene rings is 2. The van der Waals surface area contributed by atoms with Crippen LogP contribution in [0.25, 0.3) is 10.4 Å². The lowest BCUT2D eigenvalue weighted by Crippen LogP contribution is -2.49. The third-order valence-electron chi connectivity index (χ3n) is 5.16. The molecule has 9 nitrogen and oxygen atoms in total. The van der Waals surface area contributed by atoms with Gasteiger partial charge in [-0.1, -0.05) is 43.2 Å². The Kier molecular flexibility index (Phi) is 8.29. The second-order valence-electron chi connectivity index (χ2n) is 8.29. The number of rotatable bonds is 11. The molecule has 9 heteroatoms. The minimum atomic E-state index is -1.18. The highest BCUT2D eigenvalue weighted by atomic mass is 16.5. The molecule has 1 heterocycles. The lowest BCUT2D eigenvalue weighted by atomic mass is 9.90. The van der Waals surface area contributed by atoms with E-state index in [-0.39, 0.29) is 31.5 Å². The minimum Gasteiger partial charge on any atom is -0.494 e. The molecule has 2 N–H and O–H groups in total. The van der Waals surface area contributed by atoms with Crippen molar-refractivity contribution in [3.63, 3.8) is 0 Å². The highest BCUT2D eigenvalue weighted by Crippen LogP contribution is 2.31. The van der Waals surface area contributed by atoms with Gasteiger partial charge in [-0.15, -0.1) is 0 Å². The summed E-state index contributed by atoms with van der Waals surface area (Å²) in [4.78, 5) is 20.9. The maximum absolute atomic E-state index is 13.3. The number of aliphatic hydroxyl groups is 1. The number of azide groups is 1. The van der Waals surface area contributed by atoms with E-state index in [1.165, 1.54) is 0 Å². The molecule has 1 atom stereocenters. The van der Waals surface area contributed by atoms with Crippen LogP contribution < -0.4 is 10.1 Å². The minimum absolute atomic E-state index is 0.0750. The predicted molar refractivity (Wildman–Crippen MR) is 126 cm³/mol. The topological polar surface area (TPSA) is 129 Å². The van der Waals surface area contributed by atoms with Crippen LogP contribution in [0.4, 0.5) is 5.69 Å². The van der Waals surface area contributed by atoms with Crippen LogP contribution in [0, 0.1) is 5.92 Å². The van der Waals surface area contributed by atoms with Crippen molar-refractivity contribution < 1.29 is 19.4 Å². The fourth-order valence-corrected chi connectivity index (χ4v) is 3.41. The van der Waals surface area contributed by atoms with E-state index in [2.05, 4.69) is 15.3 Å². The number of ether oxygens (including phenoxy) is 2. The molecule has 1 amide bonds. The lowest BCUT2D eigenvalue weighted by Gasteiger charge is -2.24. The van der Waals surface area contributed by atoms with Crippen molar-refractivity contribution in [2.75, 3.05) is 26.4 Å². The average molecular weight is 452 g/mol. The smallest absolute Gasteiger partial charge is 0.251 e. The first-order valence-electron chi connectivity index (χ1n) is 11.0. The van der Waals surface area contributed by atoms with Gasteiger partial charge >= 0.3 is 0 Å². The first-order valence-corrected chi connectivity index (χ1v) is 11.0. The number of hydrogen-bond acceptors (Lipinski definition) is 6. The molecule has 0 bridgehead atoms. The number of carbonyl (C=O) groups is 1. The summed E-state index contributed by atoms with van der Waals surface area (Å²) in [5, 5.41) is 15.6. The molecule has 0 saturated carbocycles. The van der Waals surface area contributed by atoms with Crippen LogP contribution in [-0.2, 0) is 16.0 Å². The number of nitrogens with zero attached hydrogens (tertiary/aromatic N) is 4. The van der Waals surface area contributed by atoms with E-state index >= 15 is 0 Å². The van der Waals surface area contributed by atoms with Gasteiger partial charge in [0, 0.05) is 42.2 Å². The van der Waals surface area contributed by atoms with Crippen molar-refractivity contribution in [3.8, 4) is 5.75 Å². The monoisotopic (exact) mass is 451 g/mol. The van der Waals surface area contributed by atoms with Gasteiger partial charge in [0.15, 0.2) is 5.54 Å². The number of aliphatic imine (C=N–C) groups is 1. The number of nitrogens with one attached hydrogen (secondary N) is 1. The largest absolute Gasteiger partial charge is 0.494 e. The SMILES string of the molecule is CC(C)CNC(=O)[C@@]1(Cc2ccccc2N=[N+]=[N-])COC(c2ccc(OCCCO)cc2)=N1. The predicted octanol–water partition coefficient (Wildman–Crippen LogP) is 3.92. The molecule has 0 spiro atoms. The van der Waals surface area contributed by atoms with Crippen molar-refractivity contribution in [1.82, 2.24) is 5.32 Å². The molecule has 33 heavy (non-hydrogen) atoms. The van der Waals surface area contributed by atoms with E-state index in [4.69, 9.17) is 25.1 Å². The first kappa shape index (κ1) is 24.1. The number of carbonyl (C=O) groups excluding carboxylic acids is 1. The van der Waals surface area contributed by atoms with Gasteiger partial charge in [0.25, 0.3) is 5.91 Å². The third-order valence-corrected chi connectivity index (χ3v) is 5.16. The number of hydrogen-bond donors (Lipinski definition) is 2.